The number of aromatic nitrogens is 2. The lowest BCUT2D eigenvalue weighted by molar-refractivity contribution is 0.0742. The first kappa shape index (κ1) is 20.8. The lowest BCUT2D eigenvalue weighted by atomic mass is 9.94. The Labute approximate surface area is 164 Å². The maximum Gasteiger partial charge on any atom is 0.227 e. The van der Waals surface area contributed by atoms with Gasteiger partial charge >= 0.3 is 0 Å². The van der Waals surface area contributed by atoms with Crippen molar-refractivity contribution in [1.29, 1.82) is 0 Å². The van der Waals surface area contributed by atoms with Gasteiger partial charge in [-0.2, -0.15) is 0 Å². The molecule has 0 N–H and O–H groups in total. The molecule has 2 fully saturated rings. The fourth-order valence-corrected chi connectivity index (χ4v) is 5.43. The first-order chi connectivity index (χ1) is 13.0. The Kier molecular flexibility index (Phi) is 7.34. The molecule has 3 rings (SSSR count). The largest absolute Gasteiger partial charge is 0.318 e. The molecular formula is C20H36N4O2S. The zero-order valence-electron chi connectivity index (χ0n) is 17.1. The van der Waals surface area contributed by atoms with Crippen LogP contribution in [0.15, 0.2) is 11.4 Å². The van der Waals surface area contributed by atoms with E-state index in [1.807, 2.05) is 4.57 Å². The third-order valence-corrected chi connectivity index (χ3v) is 7.82. The van der Waals surface area contributed by atoms with Crippen LogP contribution in [-0.4, -0.2) is 65.7 Å². The standard InChI is InChI=1S/C20H36N4O2S/c1-3-5-11-24-19(16-21-20(24)27(25,26)4-2)17-22-12-14-23(15-13-22)18-9-7-6-8-10-18/h16,18H,3-15,17H2,1-2H3. The molecule has 0 aromatic carbocycles. The van der Waals surface area contributed by atoms with Crippen LogP contribution in [0.5, 0.6) is 0 Å². The van der Waals surface area contributed by atoms with Gasteiger partial charge in [0.15, 0.2) is 0 Å². The van der Waals surface area contributed by atoms with Crippen LogP contribution in [0.2, 0.25) is 0 Å². The molecule has 0 atom stereocenters. The number of imidazole rings is 1. The van der Waals surface area contributed by atoms with E-state index in [0.29, 0.717) is 0 Å². The Balaban J connectivity index is 1.63. The van der Waals surface area contributed by atoms with E-state index < -0.39 is 9.84 Å². The maximum atomic E-state index is 12.4. The first-order valence-corrected chi connectivity index (χ1v) is 12.4. The summed E-state index contributed by atoms with van der Waals surface area (Å²) in [7, 11) is -3.28. The molecule has 0 spiro atoms. The third-order valence-electron chi connectivity index (χ3n) is 6.18. The number of hydrogen-bond acceptors (Lipinski definition) is 5. The van der Waals surface area contributed by atoms with Crippen molar-refractivity contribution in [2.75, 3.05) is 31.9 Å². The maximum absolute atomic E-state index is 12.4. The normalized spacial score (nSPS) is 21.0. The van der Waals surface area contributed by atoms with Gasteiger partial charge in [-0.25, -0.2) is 13.4 Å². The van der Waals surface area contributed by atoms with Crippen molar-refractivity contribution in [2.24, 2.45) is 0 Å². The molecular weight excluding hydrogens is 360 g/mol. The second kappa shape index (κ2) is 9.52. The lowest BCUT2D eigenvalue weighted by Crippen LogP contribution is -2.50. The molecule has 27 heavy (non-hydrogen) atoms. The van der Waals surface area contributed by atoms with Gasteiger partial charge < -0.3 is 4.57 Å². The van der Waals surface area contributed by atoms with E-state index in [1.54, 1.807) is 13.1 Å². The monoisotopic (exact) mass is 396 g/mol. The number of piperazine rings is 1. The minimum absolute atomic E-state index is 0.107. The minimum atomic E-state index is -3.28. The third kappa shape index (κ3) is 5.12. The van der Waals surface area contributed by atoms with Crippen molar-refractivity contribution in [3.8, 4) is 0 Å². The fourth-order valence-electron chi connectivity index (χ4n) is 4.41. The number of nitrogens with zero attached hydrogens (tertiary/aromatic N) is 4. The number of unbranched alkanes of at least 4 members (excludes halogenated alkanes) is 1. The van der Waals surface area contributed by atoms with Gasteiger partial charge in [0.2, 0.25) is 15.0 Å². The minimum Gasteiger partial charge on any atom is -0.318 e. The van der Waals surface area contributed by atoms with E-state index in [2.05, 4.69) is 21.7 Å². The van der Waals surface area contributed by atoms with Crippen LogP contribution in [0, 0.1) is 0 Å². The van der Waals surface area contributed by atoms with E-state index in [9.17, 15) is 8.42 Å². The van der Waals surface area contributed by atoms with Crippen molar-refractivity contribution in [3.05, 3.63) is 11.9 Å². The molecule has 154 valence electrons. The van der Waals surface area contributed by atoms with Crippen LogP contribution in [0.3, 0.4) is 0 Å². The van der Waals surface area contributed by atoms with Gasteiger partial charge in [-0.3, -0.25) is 9.80 Å². The number of sulfone groups is 1. The van der Waals surface area contributed by atoms with Gasteiger partial charge in [-0.05, 0) is 19.3 Å². The van der Waals surface area contributed by atoms with Gasteiger partial charge in [0.1, 0.15) is 0 Å². The topological polar surface area (TPSA) is 58.4 Å². The van der Waals surface area contributed by atoms with Gasteiger partial charge in [0.05, 0.1) is 17.6 Å². The second-order valence-corrected chi connectivity index (χ2v) is 10.2. The Morgan fingerprint density at radius 1 is 1.07 bits per heavy atom. The van der Waals surface area contributed by atoms with Gasteiger partial charge in [0, 0.05) is 45.3 Å². The lowest BCUT2D eigenvalue weighted by Gasteiger charge is -2.40. The van der Waals surface area contributed by atoms with E-state index >= 15 is 0 Å². The summed E-state index contributed by atoms with van der Waals surface area (Å²) in [5, 5.41) is 0.259. The summed E-state index contributed by atoms with van der Waals surface area (Å²) >= 11 is 0. The SMILES string of the molecule is CCCCn1c(CN2CCN(C3CCCCC3)CC2)cnc1S(=O)(=O)CC. The number of rotatable bonds is 8. The van der Waals surface area contributed by atoms with Crippen molar-refractivity contribution in [3.63, 3.8) is 0 Å². The zero-order valence-corrected chi connectivity index (χ0v) is 17.9. The molecule has 2 heterocycles. The van der Waals surface area contributed by atoms with Gasteiger partial charge in [-0.15, -0.1) is 0 Å². The summed E-state index contributed by atoms with van der Waals surface area (Å²) in [5.74, 6) is 0.107. The van der Waals surface area contributed by atoms with Crippen molar-refractivity contribution >= 4 is 9.84 Å². The average molecular weight is 397 g/mol. The van der Waals surface area contributed by atoms with E-state index in [0.717, 1.165) is 63.8 Å². The van der Waals surface area contributed by atoms with Crippen LogP contribution in [0.1, 0.15) is 64.5 Å². The summed E-state index contributed by atoms with van der Waals surface area (Å²) in [6.07, 6.45) is 10.7. The summed E-state index contributed by atoms with van der Waals surface area (Å²) < 4.78 is 26.8. The molecule has 0 amide bonds. The van der Waals surface area contributed by atoms with Gasteiger partial charge in [0.25, 0.3) is 0 Å². The Bertz CT molecular complexity index is 687. The highest BCUT2D eigenvalue weighted by molar-refractivity contribution is 7.91. The Hall–Kier alpha value is -0.920. The van der Waals surface area contributed by atoms with Crippen LogP contribution in [0.4, 0.5) is 0 Å². The smallest absolute Gasteiger partial charge is 0.227 e. The molecule has 0 bridgehead atoms. The van der Waals surface area contributed by atoms with E-state index in [1.165, 1.54) is 32.1 Å². The van der Waals surface area contributed by atoms with Crippen LogP contribution in [0.25, 0.3) is 0 Å². The molecule has 1 aliphatic heterocycles. The first-order valence-electron chi connectivity index (χ1n) is 10.8. The Morgan fingerprint density at radius 2 is 1.78 bits per heavy atom. The molecule has 0 unspecified atom stereocenters. The molecule has 0 radical (unpaired) electrons. The van der Waals surface area contributed by atoms with E-state index in [-0.39, 0.29) is 10.9 Å². The van der Waals surface area contributed by atoms with Crippen LogP contribution < -0.4 is 0 Å². The number of hydrogen-bond donors (Lipinski definition) is 0. The highest BCUT2D eigenvalue weighted by Gasteiger charge is 2.27. The highest BCUT2D eigenvalue weighted by Crippen LogP contribution is 2.24. The summed E-state index contributed by atoms with van der Waals surface area (Å²) in [4.78, 5) is 9.44. The summed E-state index contributed by atoms with van der Waals surface area (Å²) in [6.45, 7) is 9.75. The molecule has 7 heteroatoms. The highest BCUT2D eigenvalue weighted by atomic mass is 32.2. The predicted molar refractivity (Wildman–Crippen MR) is 109 cm³/mol. The molecule has 2 aliphatic rings. The summed E-state index contributed by atoms with van der Waals surface area (Å²) in [6, 6.07) is 0.789. The molecule has 1 aliphatic carbocycles. The van der Waals surface area contributed by atoms with Crippen molar-refractivity contribution < 1.29 is 8.42 Å². The Morgan fingerprint density at radius 3 is 2.41 bits per heavy atom. The molecule has 1 aromatic rings. The zero-order chi connectivity index (χ0) is 19.3. The fraction of sp³-hybridized carbons (Fsp3) is 0.850. The quantitative estimate of drug-likeness (QED) is 0.676. The van der Waals surface area contributed by atoms with Crippen LogP contribution in [-0.2, 0) is 22.9 Å². The predicted octanol–water partition coefficient (Wildman–Crippen LogP) is 2.93. The average Bonchev–Trinajstić information content (AvgIpc) is 3.11. The second-order valence-electron chi connectivity index (χ2n) is 8.04. The van der Waals surface area contributed by atoms with E-state index in [4.69, 9.17) is 0 Å². The van der Waals surface area contributed by atoms with Crippen molar-refractivity contribution in [1.82, 2.24) is 19.4 Å². The molecule has 1 saturated carbocycles. The molecule has 1 saturated heterocycles. The van der Waals surface area contributed by atoms with Crippen molar-refractivity contribution in [2.45, 2.75) is 83.1 Å². The summed E-state index contributed by atoms with van der Waals surface area (Å²) in [5.41, 5.74) is 1.04. The molecule has 6 nitrogen and oxygen atoms in total. The van der Waals surface area contributed by atoms with Gasteiger partial charge in [-0.1, -0.05) is 39.5 Å². The van der Waals surface area contributed by atoms with Crippen LogP contribution >= 0.6 is 0 Å². The molecule has 1 aromatic heterocycles.